The molecule has 0 saturated heterocycles. The molecule has 1 N–H and O–H groups in total. The van der Waals surface area contributed by atoms with Crippen LogP contribution in [0.5, 0.6) is 5.75 Å². The van der Waals surface area contributed by atoms with Gasteiger partial charge in [-0.3, -0.25) is 4.79 Å². The van der Waals surface area contributed by atoms with E-state index in [1.807, 2.05) is 48.5 Å². The third kappa shape index (κ3) is 3.32. The van der Waals surface area contributed by atoms with E-state index in [9.17, 15) is 4.79 Å². The van der Waals surface area contributed by atoms with Crippen molar-refractivity contribution in [3.63, 3.8) is 0 Å². The number of hydrogen-bond acceptors (Lipinski definition) is 2. The Hall–Kier alpha value is -2.46. The van der Waals surface area contributed by atoms with Crippen molar-refractivity contribution in [3.05, 3.63) is 64.8 Å². The minimum Gasteiger partial charge on any atom is -0.497 e. The zero-order valence-electron chi connectivity index (χ0n) is 13.0. The first-order valence-corrected chi connectivity index (χ1v) is 7.61. The first-order valence-electron chi connectivity index (χ1n) is 7.23. The number of hydrogen-bond donors (Lipinski definition) is 1. The number of H-pyrrole nitrogens is 1. The predicted molar refractivity (Wildman–Crippen MR) is 92.1 cm³/mol. The molecule has 0 aliphatic rings. The minimum atomic E-state index is -0.0693. The maximum Gasteiger partial charge on any atom is 0.270 e. The van der Waals surface area contributed by atoms with Crippen LogP contribution in [0.4, 0.5) is 0 Å². The number of amides is 1. The van der Waals surface area contributed by atoms with Gasteiger partial charge in [0.25, 0.3) is 5.91 Å². The zero-order valence-corrected chi connectivity index (χ0v) is 13.7. The molecule has 3 aromatic rings. The van der Waals surface area contributed by atoms with Gasteiger partial charge in [0.1, 0.15) is 11.4 Å². The van der Waals surface area contributed by atoms with E-state index in [-0.39, 0.29) is 5.91 Å². The Balaban J connectivity index is 1.81. The van der Waals surface area contributed by atoms with Crippen LogP contribution in [0.15, 0.2) is 48.5 Å². The SMILES string of the molecule is COc1ccc2cc(C(=O)N(C)Cc3cccc(Cl)c3)[nH]c2c1. The Labute approximate surface area is 139 Å². The van der Waals surface area contributed by atoms with Crippen LogP contribution < -0.4 is 4.74 Å². The maximum atomic E-state index is 12.6. The standard InChI is InChI=1S/C18H17ClN2O2/c1-21(11-12-4-3-5-14(19)8-12)18(22)17-9-13-6-7-15(23-2)10-16(13)20-17/h3-10,20H,11H2,1-2H3. The number of aromatic amines is 1. The fourth-order valence-corrected chi connectivity index (χ4v) is 2.75. The second kappa shape index (κ2) is 6.34. The molecule has 1 heterocycles. The number of aromatic nitrogens is 1. The van der Waals surface area contributed by atoms with Crippen molar-refractivity contribution in [2.45, 2.75) is 6.54 Å². The molecule has 0 fully saturated rings. The summed E-state index contributed by atoms with van der Waals surface area (Å²) >= 11 is 5.99. The molecule has 0 saturated carbocycles. The monoisotopic (exact) mass is 328 g/mol. The van der Waals surface area contributed by atoms with E-state index < -0.39 is 0 Å². The summed E-state index contributed by atoms with van der Waals surface area (Å²) in [5.74, 6) is 0.686. The molecule has 23 heavy (non-hydrogen) atoms. The Morgan fingerprint density at radius 1 is 1.22 bits per heavy atom. The van der Waals surface area contributed by atoms with E-state index in [4.69, 9.17) is 16.3 Å². The Kier molecular flexibility index (Phi) is 4.26. The van der Waals surface area contributed by atoms with Crippen molar-refractivity contribution in [2.24, 2.45) is 0 Å². The van der Waals surface area contributed by atoms with Crippen molar-refractivity contribution in [3.8, 4) is 5.75 Å². The van der Waals surface area contributed by atoms with Crippen LogP contribution in [0.25, 0.3) is 10.9 Å². The summed E-state index contributed by atoms with van der Waals surface area (Å²) in [5, 5.41) is 1.64. The lowest BCUT2D eigenvalue weighted by molar-refractivity contribution is 0.0780. The van der Waals surface area contributed by atoms with E-state index >= 15 is 0 Å². The maximum absolute atomic E-state index is 12.6. The van der Waals surface area contributed by atoms with Crippen LogP contribution in [-0.4, -0.2) is 29.9 Å². The summed E-state index contributed by atoms with van der Waals surface area (Å²) in [4.78, 5) is 17.4. The second-order valence-corrected chi connectivity index (χ2v) is 5.86. The van der Waals surface area contributed by atoms with E-state index in [1.54, 1.807) is 19.1 Å². The van der Waals surface area contributed by atoms with Crippen LogP contribution in [-0.2, 0) is 6.54 Å². The second-order valence-electron chi connectivity index (χ2n) is 5.43. The molecule has 2 aromatic carbocycles. The van der Waals surface area contributed by atoms with Crippen molar-refractivity contribution in [1.29, 1.82) is 0 Å². The number of benzene rings is 2. The van der Waals surface area contributed by atoms with Gasteiger partial charge in [-0.05, 0) is 35.9 Å². The van der Waals surface area contributed by atoms with Gasteiger partial charge in [-0.15, -0.1) is 0 Å². The molecule has 5 heteroatoms. The van der Waals surface area contributed by atoms with Gasteiger partial charge >= 0.3 is 0 Å². The normalized spacial score (nSPS) is 10.7. The average Bonchev–Trinajstić information content (AvgIpc) is 2.96. The fourth-order valence-electron chi connectivity index (χ4n) is 2.53. The first-order chi connectivity index (χ1) is 11.1. The number of carbonyl (C=O) groups is 1. The van der Waals surface area contributed by atoms with Crippen LogP contribution in [0, 0.1) is 0 Å². The number of nitrogens with zero attached hydrogens (tertiary/aromatic N) is 1. The number of ether oxygens (including phenoxy) is 1. The molecule has 118 valence electrons. The number of fused-ring (bicyclic) bond motifs is 1. The minimum absolute atomic E-state index is 0.0693. The molecule has 0 atom stereocenters. The van der Waals surface area contributed by atoms with Crippen LogP contribution in [0.2, 0.25) is 5.02 Å². The summed E-state index contributed by atoms with van der Waals surface area (Å²) in [6.07, 6.45) is 0. The van der Waals surface area contributed by atoms with Gasteiger partial charge in [0.2, 0.25) is 0 Å². The molecule has 0 bridgehead atoms. The Morgan fingerprint density at radius 2 is 2.04 bits per heavy atom. The van der Waals surface area contributed by atoms with Gasteiger partial charge in [0.15, 0.2) is 0 Å². The van der Waals surface area contributed by atoms with Crippen molar-refractivity contribution in [1.82, 2.24) is 9.88 Å². The van der Waals surface area contributed by atoms with Gasteiger partial charge < -0.3 is 14.6 Å². The number of carbonyl (C=O) groups excluding carboxylic acids is 1. The quantitative estimate of drug-likeness (QED) is 0.783. The summed E-state index contributed by atoms with van der Waals surface area (Å²) in [6.45, 7) is 0.498. The molecule has 0 unspecified atom stereocenters. The Morgan fingerprint density at radius 3 is 2.78 bits per heavy atom. The van der Waals surface area contributed by atoms with Crippen LogP contribution >= 0.6 is 11.6 Å². The topological polar surface area (TPSA) is 45.3 Å². The van der Waals surface area contributed by atoms with Crippen LogP contribution in [0.1, 0.15) is 16.1 Å². The third-order valence-electron chi connectivity index (χ3n) is 3.72. The molecular formula is C18H17ClN2O2. The van der Waals surface area contributed by atoms with Gasteiger partial charge in [-0.1, -0.05) is 23.7 Å². The zero-order chi connectivity index (χ0) is 16.4. The van der Waals surface area contributed by atoms with E-state index in [1.165, 1.54) is 0 Å². The number of halogens is 1. The largest absolute Gasteiger partial charge is 0.497 e. The molecule has 1 amide bonds. The fraction of sp³-hybridized carbons (Fsp3) is 0.167. The van der Waals surface area contributed by atoms with E-state index in [0.29, 0.717) is 17.3 Å². The molecule has 4 nitrogen and oxygen atoms in total. The summed E-state index contributed by atoms with van der Waals surface area (Å²) in [7, 11) is 3.39. The van der Waals surface area contributed by atoms with Gasteiger partial charge in [0.05, 0.1) is 7.11 Å². The molecule has 1 aromatic heterocycles. The number of nitrogens with one attached hydrogen (secondary N) is 1. The molecule has 0 spiro atoms. The highest BCUT2D eigenvalue weighted by atomic mass is 35.5. The third-order valence-corrected chi connectivity index (χ3v) is 3.95. The molecule has 0 radical (unpaired) electrons. The lowest BCUT2D eigenvalue weighted by Gasteiger charge is -2.16. The molecule has 0 aliphatic carbocycles. The highest BCUT2D eigenvalue weighted by Gasteiger charge is 2.15. The molecule has 3 rings (SSSR count). The lowest BCUT2D eigenvalue weighted by atomic mass is 10.2. The summed E-state index contributed by atoms with van der Waals surface area (Å²) in [5.41, 5.74) is 2.42. The first kappa shape index (κ1) is 15.4. The number of methoxy groups -OCH3 is 1. The van der Waals surface area contributed by atoms with Crippen molar-refractivity contribution >= 4 is 28.4 Å². The highest BCUT2D eigenvalue weighted by molar-refractivity contribution is 6.30. The lowest BCUT2D eigenvalue weighted by Crippen LogP contribution is -2.26. The van der Waals surface area contributed by atoms with E-state index in [2.05, 4.69) is 4.98 Å². The predicted octanol–water partition coefficient (Wildman–Crippen LogP) is 4.10. The van der Waals surface area contributed by atoms with E-state index in [0.717, 1.165) is 22.2 Å². The Bertz CT molecular complexity index is 857. The average molecular weight is 329 g/mol. The molecule has 0 aliphatic heterocycles. The van der Waals surface area contributed by atoms with Crippen LogP contribution in [0.3, 0.4) is 0 Å². The summed E-state index contributed by atoms with van der Waals surface area (Å²) < 4.78 is 5.20. The highest BCUT2D eigenvalue weighted by Crippen LogP contribution is 2.22. The molecular weight excluding hydrogens is 312 g/mol. The summed E-state index contributed by atoms with van der Waals surface area (Å²) in [6, 6.07) is 15.0. The van der Waals surface area contributed by atoms with Gasteiger partial charge in [-0.2, -0.15) is 0 Å². The number of rotatable bonds is 4. The van der Waals surface area contributed by atoms with Crippen molar-refractivity contribution < 1.29 is 9.53 Å². The van der Waals surface area contributed by atoms with Crippen molar-refractivity contribution in [2.75, 3.05) is 14.2 Å². The smallest absolute Gasteiger partial charge is 0.270 e. The van der Waals surface area contributed by atoms with Gasteiger partial charge in [0, 0.05) is 35.6 Å². The van der Waals surface area contributed by atoms with Gasteiger partial charge in [-0.25, -0.2) is 0 Å².